The Labute approximate surface area is 174 Å². The van der Waals surface area contributed by atoms with Gasteiger partial charge in [-0.05, 0) is 25.1 Å². The highest BCUT2D eigenvalue weighted by Crippen LogP contribution is 2.30. The monoisotopic (exact) mass is 463 g/mol. The van der Waals surface area contributed by atoms with Crippen LogP contribution in [0.4, 0.5) is 8.78 Å². The molecular formula is C17H19F2N3O6S2. The first-order chi connectivity index (χ1) is 14.1. The molecule has 0 unspecified atom stereocenters. The fraction of sp³-hybridized carbons (Fsp3) is 0.412. The Morgan fingerprint density at radius 2 is 1.87 bits per heavy atom. The van der Waals surface area contributed by atoms with Crippen molar-refractivity contribution < 1.29 is 31.5 Å². The van der Waals surface area contributed by atoms with Crippen molar-refractivity contribution in [3.05, 3.63) is 39.1 Å². The van der Waals surface area contributed by atoms with E-state index in [4.69, 9.17) is 4.74 Å². The van der Waals surface area contributed by atoms with Gasteiger partial charge in [-0.15, -0.1) is 0 Å². The summed E-state index contributed by atoms with van der Waals surface area (Å²) in [6.45, 7) is -1.13. The topological polar surface area (TPSA) is 109 Å². The summed E-state index contributed by atoms with van der Waals surface area (Å²) in [4.78, 5) is 27.7. The number of carbonyl (C=O) groups is 1. The minimum Gasteiger partial charge on any atom is -0.493 e. The summed E-state index contributed by atoms with van der Waals surface area (Å²) >= 11 is 0.628. The number of amides is 1. The second-order valence-electron chi connectivity index (χ2n) is 6.37. The number of ether oxygens (including phenoxy) is 2. The second-order valence-corrected chi connectivity index (χ2v) is 9.48. The van der Waals surface area contributed by atoms with E-state index < -0.39 is 27.4 Å². The predicted octanol–water partition coefficient (Wildman–Crippen LogP) is 1.50. The molecule has 0 bridgehead atoms. The van der Waals surface area contributed by atoms with Gasteiger partial charge >= 0.3 is 11.5 Å². The Morgan fingerprint density at radius 3 is 2.40 bits per heavy atom. The molecule has 3 rings (SSSR count). The summed E-state index contributed by atoms with van der Waals surface area (Å²) in [7, 11) is -2.57. The molecule has 1 amide bonds. The van der Waals surface area contributed by atoms with E-state index in [2.05, 4.69) is 9.72 Å². The molecule has 0 radical (unpaired) electrons. The summed E-state index contributed by atoms with van der Waals surface area (Å²) in [6.07, 6.45) is 0. The number of sulfonamides is 1. The number of alkyl halides is 2. The number of rotatable bonds is 6. The molecule has 0 saturated carbocycles. The van der Waals surface area contributed by atoms with Crippen molar-refractivity contribution in [1.29, 1.82) is 0 Å². The number of piperazine rings is 1. The van der Waals surface area contributed by atoms with Crippen LogP contribution in [0.5, 0.6) is 11.5 Å². The van der Waals surface area contributed by atoms with Crippen molar-refractivity contribution in [3.8, 4) is 11.5 Å². The van der Waals surface area contributed by atoms with Gasteiger partial charge in [0.2, 0.25) is 0 Å². The van der Waals surface area contributed by atoms with Crippen molar-refractivity contribution in [3.63, 3.8) is 0 Å². The SMILES string of the molecule is COc1cc(C(=O)N2CCN(S(=O)(=O)c3sc(=O)[nH]c3C)CC2)ccc1OC(F)F. The molecule has 1 N–H and O–H groups in total. The Hall–Kier alpha value is -2.51. The van der Waals surface area contributed by atoms with Crippen LogP contribution in [0, 0.1) is 6.92 Å². The van der Waals surface area contributed by atoms with Crippen molar-refractivity contribution in [2.45, 2.75) is 17.7 Å². The summed E-state index contributed by atoms with van der Waals surface area (Å²) in [5, 5.41) is 0. The van der Waals surface area contributed by atoms with E-state index >= 15 is 0 Å². The quantitative estimate of drug-likeness (QED) is 0.696. The standard InChI is InChI=1S/C17H19F2N3O6S2/c1-10-15(29-17(24)20-10)30(25,26)22-7-5-21(6-8-22)14(23)11-3-4-12(28-16(18)19)13(9-11)27-2/h3-4,9,16H,5-8H2,1-2H3,(H,20,24). The first-order valence-corrected chi connectivity index (χ1v) is 11.0. The maximum absolute atomic E-state index is 12.8. The number of methoxy groups -OCH3 is 1. The zero-order valence-corrected chi connectivity index (χ0v) is 17.7. The van der Waals surface area contributed by atoms with E-state index in [1.807, 2.05) is 0 Å². The predicted molar refractivity (Wildman–Crippen MR) is 104 cm³/mol. The fourth-order valence-corrected chi connectivity index (χ4v) is 5.92. The van der Waals surface area contributed by atoms with Gasteiger partial charge in [-0.1, -0.05) is 11.3 Å². The highest BCUT2D eigenvalue weighted by molar-refractivity contribution is 7.91. The number of aromatic nitrogens is 1. The van der Waals surface area contributed by atoms with Gasteiger partial charge in [0.05, 0.1) is 7.11 Å². The van der Waals surface area contributed by atoms with Crippen LogP contribution >= 0.6 is 11.3 Å². The van der Waals surface area contributed by atoms with E-state index in [1.54, 1.807) is 0 Å². The molecule has 30 heavy (non-hydrogen) atoms. The van der Waals surface area contributed by atoms with Crippen molar-refractivity contribution >= 4 is 27.3 Å². The van der Waals surface area contributed by atoms with E-state index in [-0.39, 0.29) is 53.1 Å². The molecule has 0 spiro atoms. The highest BCUT2D eigenvalue weighted by Gasteiger charge is 2.33. The van der Waals surface area contributed by atoms with Gasteiger partial charge in [-0.2, -0.15) is 13.1 Å². The number of nitrogens with zero attached hydrogens (tertiary/aromatic N) is 2. The summed E-state index contributed by atoms with van der Waals surface area (Å²) < 4.78 is 60.9. The van der Waals surface area contributed by atoms with Gasteiger partial charge in [0.15, 0.2) is 15.7 Å². The lowest BCUT2D eigenvalue weighted by Crippen LogP contribution is -2.50. The van der Waals surface area contributed by atoms with Crippen molar-refractivity contribution in [2.75, 3.05) is 33.3 Å². The minimum absolute atomic E-state index is 0.0137. The molecule has 2 aromatic rings. The molecule has 1 aliphatic heterocycles. The molecule has 1 fully saturated rings. The van der Waals surface area contributed by atoms with Crippen LogP contribution in [-0.2, 0) is 10.0 Å². The lowest BCUT2D eigenvalue weighted by Gasteiger charge is -2.33. The summed E-state index contributed by atoms with van der Waals surface area (Å²) in [6, 6.07) is 3.85. The highest BCUT2D eigenvalue weighted by atomic mass is 32.2. The van der Waals surface area contributed by atoms with Gasteiger partial charge in [0.25, 0.3) is 15.9 Å². The normalized spacial score (nSPS) is 15.4. The fourth-order valence-electron chi connectivity index (χ4n) is 3.06. The number of benzene rings is 1. The van der Waals surface area contributed by atoms with E-state index in [0.717, 1.165) is 0 Å². The number of aryl methyl sites for hydroxylation is 1. The third kappa shape index (κ3) is 4.47. The summed E-state index contributed by atoms with van der Waals surface area (Å²) in [5.41, 5.74) is 0.478. The largest absolute Gasteiger partial charge is 0.493 e. The van der Waals surface area contributed by atoms with E-state index in [0.29, 0.717) is 11.3 Å². The molecule has 1 saturated heterocycles. The Morgan fingerprint density at radius 1 is 1.20 bits per heavy atom. The van der Waals surface area contributed by atoms with Crippen LogP contribution < -0.4 is 14.3 Å². The molecule has 164 valence electrons. The van der Waals surface area contributed by atoms with Gasteiger partial charge in [0.1, 0.15) is 0 Å². The number of aromatic amines is 1. The van der Waals surface area contributed by atoms with Gasteiger partial charge < -0.3 is 19.4 Å². The number of carbonyl (C=O) groups excluding carboxylic acids is 1. The maximum atomic E-state index is 12.8. The molecule has 1 aromatic carbocycles. The third-order valence-electron chi connectivity index (χ3n) is 4.51. The van der Waals surface area contributed by atoms with Gasteiger partial charge in [0, 0.05) is 37.4 Å². The molecule has 0 atom stereocenters. The van der Waals surface area contributed by atoms with Crippen molar-refractivity contribution in [2.24, 2.45) is 0 Å². The van der Waals surface area contributed by atoms with Crippen molar-refractivity contribution in [1.82, 2.24) is 14.2 Å². The Kier molecular flexibility index (Phi) is 6.43. The molecule has 13 heteroatoms. The number of nitrogens with one attached hydrogen (secondary N) is 1. The average Bonchev–Trinajstić information content (AvgIpc) is 3.06. The summed E-state index contributed by atoms with van der Waals surface area (Å²) in [5.74, 6) is -0.600. The first-order valence-electron chi connectivity index (χ1n) is 8.75. The maximum Gasteiger partial charge on any atom is 0.387 e. The van der Waals surface area contributed by atoms with Gasteiger partial charge in [-0.3, -0.25) is 9.59 Å². The van der Waals surface area contributed by atoms with Crippen LogP contribution in [0.2, 0.25) is 0 Å². The number of H-pyrrole nitrogens is 1. The lowest BCUT2D eigenvalue weighted by molar-refractivity contribution is -0.0512. The van der Waals surface area contributed by atoms with Crippen LogP contribution in [0.3, 0.4) is 0 Å². The first kappa shape index (κ1) is 22.2. The number of halogens is 2. The molecule has 9 nitrogen and oxygen atoms in total. The third-order valence-corrected chi connectivity index (χ3v) is 7.99. The smallest absolute Gasteiger partial charge is 0.387 e. The van der Waals surface area contributed by atoms with E-state index in [9.17, 15) is 26.8 Å². The van der Waals surface area contributed by atoms with Crippen LogP contribution in [0.1, 0.15) is 16.1 Å². The Balaban J connectivity index is 1.71. The molecule has 2 heterocycles. The average molecular weight is 463 g/mol. The van der Waals surface area contributed by atoms with Crippen LogP contribution in [0.15, 0.2) is 27.2 Å². The molecule has 0 aliphatic carbocycles. The number of hydrogen-bond donors (Lipinski definition) is 1. The molecule has 1 aromatic heterocycles. The Bertz CT molecular complexity index is 1090. The molecule has 1 aliphatic rings. The minimum atomic E-state index is -3.84. The van der Waals surface area contributed by atoms with Gasteiger partial charge in [-0.25, -0.2) is 8.42 Å². The lowest BCUT2D eigenvalue weighted by atomic mass is 10.1. The molecular weight excluding hydrogens is 444 g/mol. The number of thiazole rings is 1. The zero-order chi connectivity index (χ0) is 22.1. The van der Waals surface area contributed by atoms with E-state index in [1.165, 1.54) is 41.4 Å². The van der Waals surface area contributed by atoms with Crippen LogP contribution in [-0.4, -0.2) is 68.4 Å². The second kappa shape index (κ2) is 8.70. The number of hydrogen-bond acceptors (Lipinski definition) is 7. The zero-order valence-electron chi connectivity index (χ0n) is 16.1. The van der Waals surface area contributed by atoms with Crippen LogP contribution in [0.25, 0.3) is 0 Å².